The lowest BCUT2D eigenvalue weighted by Crippen LogP contribution is -2.16. The molecule has 0 saturated carbocycles. The molecule has 0 N–H and O–H groups in total. The van der Waals surface area contributed by atoms with Crippen molar-refractivity contribution in [2.75, 3.05) is 20.3 Å². The zero-order valence-electron chi connectivity index (χ0n) is 10.7. The zero-order valence-corrected chi connectivity index (χ0v) is 10.7. The fraction of sp³-hybridized carbons (Fsp3) is 0.231. The summed E-state index contributed by atoms with van der Waals surface area (Å²) in [6.45, 7) is -0.213. The molecule has 7 nitrogen and oxygen atoms in total. The number of carbonyl (C=O) groups is 1. The number of methoxy groups -OCH3 is 1. The normalized spacial score (nSPS) is 10.4. The molecule has 0 spiro atoms. The molecule has 1 heterocycles. The van der Waals surface area contributed by atoms with Gasteiger partial charge in [0, 0.05) is 19.4 Å². The van der Waals surface area contributed by atoms with Gasteiger partial charge in [0.1, 0.15) is 24.5 Å². The highest BCUT2D eigenvalue weighted by Gasteiger charge is 2.16. The van der Waals surface area contributed by atoms with Crippen molar-refractivity contribution in [1.82, 2.24) is 4.98 Å². The standard InChI is InChI=1S/C13H12N2O5/c1-19-7-9(16)8-20-12-5-4-11(15(17)18)10-3-2-6-14-13(10)12/h2-6H,7-8H2,1H3. The van der Waals surface area contributed by atoms with Crippen LogP contribution in [0.25, 0.3) is 10.9 Å². The van der Waals surface area contributed by atoms with Gasteiger partial charge in [-0.3, -0.25) is 19.9 Å². The Hall–Kier alpha value is -2.54. The maximum absolute atomic E-state index is 11.3. The summed E-state index contributed by atoms with van der Waals surface area (Å²) >= 11 is 0. The fourth-order valence-corrected chi connectivity index (χ4v) is 1.77. The molecule has 0 unspecified atom stereocenters. The van der Waals surface area contributed by atoms with Crippen LogP contribution in [0.1, 0.15) is 0 Å². The fourth-order valence-electron chi connectivity index (χ4n) is 1.77. The van der Waals surface area contributed by atoms with Gasteiger partial charge < -0.3 is 9.47 Å². The van der Waals surface area contributed by atoms with Crippen LogP contribution in [0, 0.1) is 10.1 Å². The third kappa shape index (κ3) is 2.89. The molecule has 7 heteroatoms. The average molecular weight is 276 g/mol. The molecule has 0 fully saturated rings. The third-order valence-electron chi connectivity index (χ3n) is 2.60. The minimum atomic E-state index is -0.482. The van der Waals surface area contributed by atoms with Crippen LogP contribution in [0.3, 0.4) is 0 Å². The first kappa shape index (κ1) is 13.9. The second kappa shape index (κ2) is 6.07. The van der Waals surface area contributed by atoms with E-state index in [4.69, 9.17) is 9.47 Å². The minimum Gasteiger partial charge on any atom is -0.483 e. The summed E-state index contributed by atoms with van der Waals surface area (Å²) in [6.07, 6.45) is 1.51. The largest absolute Gasteiger partial charge is 0.483 e. The number of rotatable bonds is 6. The minimum absolute atomic E-state index is 0.0433. The maximum Gasteiger partial charge on any atom is 0.279 e. The van der Waals surface area contributed by atoms with E-state index in [2.05, 4.69) is 4.98 Å². The molecule has 0 amide bonds. The summed E-state index contributed by atoms with van der Waals surface area (Å²) in [6, 6.07) is 5.97. The highest BCUT2D eigenvalue weighted by molar-refractivity contribution is 5.92. The number of nitro groups is 1. The van der Waals surface area contributed by atoms with Crippen molar-refractivity contribution in [2.24, 2.45) is 0 Å². The quantitative estimate of drug-likeness (QED) is 0.589. The number of pyridine rings is 1. The van der Waals surface area contributed by atoms with Crippen LogP contribution in [0.2, 0.25) is 0 Å². The van der Waals surface area contributed by atoms with E-state index in [1.165, 1.54) is 25.4 Å². The molecule has 104 valence electrons. The first-order chi connectivity index (χ1) is 9.63. The number of nitrogens with zero attached hydrogens (tertiary/aromatic N) is 2. The molecular weight excluding hydrogens is 264 g/mol. The summed E-state index contributed by atoms with van der Waals surface area (Å²) in [5.74, 6) is 0.102. The first-order valence-electron chi connectivity index (χ1n) is 5.79. The van der Waals surface area contributed by atoms with Gasteiger partial charge in [-0.2, -0.15) is 0 Å². The molecule has 2 rings (SSSR count). The predicted octanol–water partition coefficient (Wildman–Crippen LogP) is 1.74. The molecule has 0 atom stereocenters. The number of hydrogen-bond donors (Lipinski definition) is 0. The Labute approximate surface area is 114 Å². The van der Waals surface area contributed by atoms with E-state index >= 15 is 0 Å². The van der Waals surface area contributed by atoms with Crippen molar-refractivity contribution in [3.05, 3.63) is 40.6 Å². The Morgan fingerprint density at radius 3 is 2.85 bits per heavy atom. The Bertz CT molecular complexity index is 656. The van der Waals surface area contributed by atoms with Crippen LogP contribution in [0.4, 0.5) is 5.69 Å². The SMILES string of the molecule is COCC(=O)COc1ccc([N+](=O)[O-])c2cccnc12. The van der Waals surface area contributed by atoms with Crippen LogP contribution in [-0.4, -0.2) is 36.0 Å². The second-order valence-corrected chi connectivity index (χ2v) is 4.00. The monoisotopic (exact) mass is 276 g/mol. The molecule has 0 saturated heterocycles. The number of carbonyl (C=O) groups excluding carboxylic acids is 1. The number of benzene rings is 1. The predicted molar refractivity (Wildman–Crippen MR) is 70.8 cm³/mol. The number of ketones is 1. The van der Waals surface area contributed by atoms with Crippen molar-refractivity contribution in [3.8, 4) is 5.75 Å². The average Bonchev–Trinajstić information content (AvgIpc) is 2.44. The Kier molecular flexibility index (Phi) is 4.21. The van der Waals surface area contributed by atoms with Crippen molar-refractivity contribution in [1.29, 1.82) is 0 Å². The summed E-state index contributed by atoms with van der Waals surface area (Å²) in [4.78, 5) is 25.9. The number of Topliss-reactive ketones (excluding diaryl/α,β-unsaturated/α-hetero) is 1. The Morgan fingerprint density at radius 2 is 2.15 bits per heavy atom. The highest BCUT2D eigenvalue weighted by Crippen LogP contribution is 2.31. The summed E-state index contributed by atoms with van der Waals surface area (Å²) < 4.78 is 10.0. The van der Waals surface area contributed by atoms with Crippen molar-refractivity contribution >= 4 is 22.4 Å². The molecule has 1 aromatic carbocycles. The molecule has 2 aromatic rings. The van der Waals surface area contributed by atoms with E-state index in [0.717, 1.165) is 0 Å². The molecular formula is C13H12N2O5. The number of ether oxygens (including phenoxy) is 2. The van der Waals surface area contributed by atoms with Crippen molar-refractivity contribution in [3.63, 3.8) is 0 Å². The lowest BCUT2D eigenvalue weighted by Gasteiger charge is -2.08. The first-order valence-corrected chi connectivity index (χ1v) is 5.79. The number of hydrogen-bond acceptors (Lipinski definition) is 6. The number of non-ortho nitro benzene ring substituents is 1. The van der Waals surface area contributed by atoms with Crippen molar-refractivity contribution in [2.45, 2.75) is 0 Å². The molecule has 0 aliphatic heterocycles. The van der Waals surface area contributed by atoms with Gasteiger partial charge in [0.2, 0.25) is 0 Å². The smallest absolute Gasteiger partial charge is 0.279 e. The van der Waals surface area contributed by atoms with Crippen molar-refractivity contribution < 1.29 is 19.2 Å². The van der Waals surface area contributed by atoms with Gasteiger partial charge in [0.05, 0.1) is 10.3 Å². The summed E-state index contributed by atoms with van der Waals surface area (Å²) in [5.41, 5.74) is 0.301. The van der Waals surface area contributed by atoms with Crippen LogP contribution in [0.15, 0.2) is 30.5 Å². The van der Waals surface area contributed by atoms with Gasteiger partial charge in [-0.25, -0.2) is 0 Å². The van der Waals surface area contributed by atoms with Gasteiger partial charge in [0.25, 0.3) is 5.69 Å². The zero-order chi connectivity index (χ0) is 14.5. The topological polar surface area (TPSA) is 91.6 Å². The molecule has 1 aromatic heterocycles. The lowest BCUT2D eigenvalue weighted by atomic mass is 10.1. The van der Waals surface area contributed by atoms with Gasteiger partial charge in [-0.1, -0.05) is 0 Å². The molecule has 0 bridgehead atoms. The van der Waals surface area contributed by atoms with E-state index in [-0.39, 0.29) is 24.7 Å². The van der Waals surface area contributed by atoms with Crippen LogP contribution in [0.5, 0.6) is 5.75 Å². The maximum atomic E-state index is 11.3. The van der Waals surface area contributed by atoms with E-state index in [9.17, 15) is 14.9 Å². The number of nitro benzene ring substituents is 1. The molecule has 20 heavy (non-hydrogen) atoms. The van der Waals surface area contributed by atoms with Gasteiger partial charge >= 0.3 is 0 Å². The highest BCUT2D eigenvalue weighted by atomic mass is 16.6. The van der Waals surface area contributed by atoms with Crippen LogP contribution in [-0.2, 0) is 9.53 Å². The Morgan fingerprint density at radius 1 is 1.35 bits per heavy atom. The molecule has 0 radical (unpaired) electrons. The van der Waals surface area contributed by atoms with Gasteiger partial charge in [-0.15, -0.1) is 0 Å². The second-order valence-electron chi connectivity index (χ2n) is 4.00. The Balaban J connectivity index is 2.33. The van der Waals surface area contributed by atoms with E-state index < -0.39 is 4.92 Å². The van der Waals surface area contributed by atoms with E-state index in [1.54, 1.807) is 12.1 Å². The van der Waals surface area contributed by atoms with E-state index in [1.807, 2.05) is 0 Å². The number of fused-ring (bicyclic) bond motifs is 1. The van der Waals surface area contributed by atoms with E-state index in [0.29, 0.717) is 16.7 Å². The number of aromatic nitrogens is 1. The third-order valence-corrected chi connectivity index (χ3v) is 2.60. The van der Waals surface area contributed by atoms with Gasteiger partial charge in [-0.05, 0) is 18.2 Å². The van der Waals surface area contributed by atoms with Crippen LogP contribution < -0.4 is 4.74 Å². The van der Waals surface area contributed by atoms with Gasteiger partial charge in [0.15, 0.2) is 5.78 Å². The van der Waals surface area contributed by atoms with Crippen LogP contribution >= 0.6 is 0 Å². The summed E-state index contributed by atoms with van der Waals surface area (Å²) in [7, 11) is 1.42. The lowest BCUT2D eigenvalue weighted by molar-refractivity contribution is -0.383. The molecule has 0 aliphatic rings. The molecule has 0 aliphatic carbocycles. The summed E-state index contributed by atoms with van der Waals surface area (Å²) in [5, 5.41) is 11.3.